The maximum Gasteiger partial charge on any atom is 0.210 e. The number of thioether (sulfide) groups is 1. The number of rotatable bonds is 7. The third kappa shape index (κ3) is 4.24. The number of carbonyl (C=O) groups is 1. The molecule has 0 saturated carbocycles. The van der Waals surface area contributed by atoms with Crippen molar-refractivity contribution in [1.29, 1.82) is 0 Å². The Bertz CT molecular complexity index is 834. The monoisotopic (exact) mass is 354 g/mol. The number of carbonyl (C=O) groups excluding carboxylic acids is 1. The van der Waals surface area contributed by atoms with Gasteiger partial charge in [0.25, 0.3) is 0 Å². The zero-order valence-electron chi connectivity index (χ0n) is 14.0. The maximum atomic E-state index is 12.6. The third-order valence-electron chi connectivity index (χ3n) is 3.70. The van der Waals surface area contributed by atoms with E-state index < -0.39 is 0 Å². The zero-order chi connectivity index (χ0) is 17.6. The van der Waals surface area contributed by atoms with E-state index in [1.54, 1.807) is 36.1 Å². The van der Waals surface area contributed by atoms with E-state index in [1.807, 2.05) is 37.3 Å². The Morgan fingerprint density at radius 2 is 1.88 bits per heavy atom. The first-order chi connectivity index (χ1) is 12.2. The fourth-order valence-electron chi connectivity index (χ4n) is 2.34. The maximum absolute atomic E-state index is 12.6. The first kappa shape index (κ1) is 17.2. The second kappa shape index (κ2) is 7.94. The fraction of sp³-hybridized carbons (Fsp3) is 0.222. The summed E-state index contributed by atoms with van der Waals surface area (Å²) in [5.74, 6) is 0.755. The SMILES string of the molecule is COc1ccc(C(=O)C(C)Sc2nnnn2Cc2ccccc2)cc1. The van der Waals surface area contributed by atoms with Gasteiger partial charge in [-0.25, -0.2) is 4.68 Å². The average Bonchev–Trinajstić information content (AvgIpc) is 3.08. The number of methoxy groups -OCH3 is 1. The van der Waals surface area contributed by atoms with Gasteiger partial charge in [-0.3, -0.25) is 4.79 Å². The van der Waals surface area contributed by atoms with Crippen LogP contribution in [0.4, 0.5) is 0 Å². The van der Waals surface area contributed by atoms with Crippen molar-refractivity contribution in [3.63, 3.8) is 0 Å². The number of benzene rings is 2. The molecule has 0 spiro atoms. The predicted octanol–water partition coefficient (Wildman–Crippen LogP) is 3.09. The topological polar surface area (TPSA) is 69.9 Å². The first-order valence-corrected chi connectivity index (χ1v) is 8.70. The summed E-state index contributed by atoms with van der Waals surface area (Å²) in [4.78, 5) is 12.6. The van der Waals surface area contributed by atoms with Gasteiger partial charge in [0.15, 0.2) is 5.78 Å². The molecule has 1 unspecified atom stereocenters. The molecule has 0 amide bonds. The van der Waals surface area contributed by atoms with Crippen molar-refractivity contribution in [2.45, 2.75) is 23.9 Å². The van der Waals surface area contributed by atoms with Gasteiger partial charge in [0.2, 0.25) is 5.16 Å². The van der Waals surface area contributed by atoms with E-state index in [9.17, 15) is 4.79 Å². The molecule has 2 aromatic carbocycles. The number of nitrogens with zero attached hydrogens (tertiary/aromatic N) is 4. The highest BCUT2D eigenvalue weighted by molar-refractivity contribution is 8.00. The van der Waals surface area contributed by atoms with Crippen molar-refractivity contribution >= 4 is 17.5 Å². The molecule has 7 heteroatoms. The second-order valence-electron chi connectivity index (χ2n) is 5.46. The summed E-state index contributed by atoms with van der Waals surface area (Å²) in [6.45, 7) is 2.43. The highest BCUT2D eigenvalue weighted by Gasteiger charge is 2.20. The molecule has 0 fully saturated rings. The van der Waals surface area contributed by atoms with Crippen LogP contribution in [0.5, 0.6) is 5.75 Å². The molecule has 1 heterocycles. The molecule has 25 heavy (non-hydrogen) atoms. The predicted molar refractivity (Wildman–Crippen MR) is 96.0 cm³/mol. The number of Topliss-reactive ketones (excluding diaryl/α,β-unsaturated/α-hetero) is 1. The van der Waals surface area contributed by atoms with Crippen LogP contribution in [0.15, 0.2) is 59.8 Å². The van der Waals surface area contributed by atoms with Gasteiger partial charge in [-0.1, -0.05) is 42.1 Å². The molecular weight excluding hydrogens is 336 g/mol. The Hall–Kier alpha value is -2.67. The molecule has 0 aliphatic heterocycles. The van der Waals surface area contributed by atoms with Gasteiger partial charge in [-0.15, -0.1) is 5.10 Å². The summed E-state index contributed by atoms with van der Waals surface area (Å²) in [6.07, 6.45) is 0. The van der Waals surface area contributed by atoms with Crippen molar-refractivity contribution < 1.29 is 9.53 Å². The second-order valence-corrected chi connectivity index (χ2v) is 6.77. The molecule has 0 N–H and O–H groups in total. The molecule has 128 valence electrons. The van der Waals surface area contributed by atoms with Crippen LogP contribution in [0.3, 0.4) is 0 Å². The number of ether oxygens (including phenoxy) is 1. The Morgan fingerprint density at radius 3 is 2.56 bits per heavy atom. The third-order valence-corrected chi connectivity index (χ3v) is 4.77. The lowest BCUT2D eigenvalue weighted by atomic mass is 10.1. The Kier molecular flexibility index (Phi) is 5.45. The molecular formula is C18H18N4O2S. The van der Waals surface area contributed by atoms with Gasteiger partial charge >= 0.3 is 0 Å². The quantitative estimate of drug-likeness (QED) is 0.480. The highest BCUT2D eigenvalue weighted by Crippen LogP contribution is 2.24. The summed E-state index contributed by atoms with van der Waals surface area (Å²) in [7, 11) is 1.60. The minimum atomic E-state index is -0.297. The Morgan fingerprint density at radius 1 is 1.16 bits per heavy atom. The number of hydrogen-bond donors (Lipinski definition) is 0. The Labute approximate surface area is 150 Å². The molecule has 1 atom stereocenters. The van der Waals surface area contributed by atoms with Crippen LogP contribution in [0, 0.1) is 0 Å². The summed E-state index contributed by atoms with van der Waals surface area (Å²) in [5, 5.41) is 12.1. The molecule has 0 saturated heterocycles. The number of tetrazole rings is 1. The van der Waals surface area contributed by atoms with Crippen molar-refractivity contribution in [3.05, 3.63) is 65.7 Å². The first-order valence-electron chi connectivity index (χ1n) is 7.82. The zero-order valence-corrected chi connectivity index (χ0v) is 14.8. The lowest BCUT2D eigenvalue weighted by Gasteiger charge is -2.10. The summed E-state index contributed by atoms with van der Waals surface area (Å²) >= 11 is 1.36. The van der Waals surface area contributed by atoms with E-state index in [0.29, 0.717) is 17.3 Å². The van der Waals surface area contributed by atoms with Gasteiger partial charge in [0.1, 0.15) is 5.75 Å². The minimum absolute atomic E-state index is 0.0296. The molecule has 0 radical (unpaired) electrons. The van der Waals surface area contributed by atoms with Crippen molar-refractivity contribution in [1.82, 2.24) is 20.2 Å². The van der Waals surface area contributed by atoms with E-state index in [1.165, 1.54) is 11.8 Å². The van der Waals surface area contributed by atoms with Crippen molar-refractivity contribution in [2.75, 3.05) is 7.11 Å². The molecule has 6 nitrogen and oxygen atoms in total. The van der Waals surface area contributed by atoms with Crippen LogP contribution in [-0.2, 0) is 6.54 Å². The molecule has 0 aliphatic rings. The molecule has 3 rings (SSSR count). The van der Waals surface area contributed by atoms with Crippen molar-refractivity contribution in [2.24, 2.45) is 0 Å². The minimum Gasteiger partial charge on any atom is -0.497 e. The van der Waals surface area contributed by atoms with Crippen LogP contribution in [0.2, 0.25) is 0 Å². The fourth-order valence-corrected chi connectivity index (χ4v) is 3.20. The summed E-state index contributed by atoms with van der Waals surface area (Å²) in [6, 6.07) is 17.0. The molecule has 0 aliphatic carbocycles. The van der Waals surface area contributed by atoms with E-state index in [0.717, 1.165) is 11.3 Å². The van der Waals surface area contributed by atoms with Gasteiger partial charge in [0.05, 0.1) is 18.9 Å². The lowest BCUT2D eigenvalue weighted by Crippen LogP contribution is -2.15. The number of aromatic nitrogens is 4. The van der Waals surface area contributed by atoms with E-state index in [-0.39, 0.29) is 11.0 Å². The normalized spacial score (nSPS) is 11.9. The van der Waals surface area contributed by atoms with Crippen LogP contribution >= 0.6 is 11.8 Å². The average molecular weight is 354 g/mol. The standard InChI is InChI=1S/C18H18N4O2S/c1-13(17(23)15-8-10-16(24-2)11-9-15)25-18-19-20-21-22(18)12-14-6-4-3-5-7-14/h3-11,13H,12H2,1-2H3. The van der Waals surface area contributed by atoms with E-state index in [2.05, 4.69) is 15.5 Å². The van der Waals surface area contributed by atoms with Gasteiger partial charge in [-0.2, -0.15) is 0 Å². The molecule has 3 aromatic rings. The summed E-state index contributed by atoms with van der Waals surface area (Å²) < 4.78 is 6.83. The molecule has 1 aromatic heterocycles. The number of hydrogen-bond acceptors (Lipinski definition) is 6. The van der Waals surface area contributed by atoms with Crippen LogP contribution in [0.1, 0.15) is 22.8 Å². The van der Waals surface area contributed by atoms with Crippen LogP contribution in [0.25, 0.3) is 0 Å². The van der Waals surface area contributed by atoms with Gasteiger partial charge < -0.3 is 4.74 Å². The van der Waals surface area contributed by atoms with E-state index in [4.69, 9.17) is 4.74 Å². The molecule has 0 bridgehead atoms. The van der Waals surface area contributed by atoms with Gasteiger partial charge in [0, 0.05) is 5.56 Å². The van der Waals surface area contributed by atoms with Gasteiger partial charge in [-0.05, 0) is 47.2 Å². The van der Waals surface area contributed by atoms with Crippen LogP contribution < -0.4 is 4.74 Å². The van der Waals surface area contributed by atoms with E-state index >= 15 is 0 Å². The largest absolute Gasteiger partial charge is 0.497 e. The smallest absolute Gasteiger partial charge is 0.210 e. The van der Waals surface area contributed by atoms with Crippen LogP contribution in [-0.4, -0.2) is 38.4 Å². The number of ketones is 1. The highest BCUT2D eigenvalue weighted by atomic mass is 32.2. The van der Waals surface area contributed by atoms with Crippen molar-refractivity contribution in [3.8, 4) is 5.75 Å². The summed E-state index contributed by atoms with van der Waals surface area (Å²) in [5.41, 5.74) is 1.74. The Balaban J connectivity index is 1.69. The lowest BCUT2D eigenvalue weighted by molar-refractivity contribution is 0.0994.